The van der Waals surface area contributed by atoms with Gasteiger partial charge in [-0.1, -0.05) is 51.9 Å². The van der Waals surface area contributed by atoms with E-state index in [1.54, 1.807) is 0 Å². The van der Waals surface area contributed by atoms with E-state index in [-0.39, 0.29) is 19.8 Å². The van der Waals surface area contributed by atoms with Crippen LogP contribution in [0.2, 0.25) is 19.1 Å². The highest BCUT2D eigenvalue weighted by Gasteiger charge is 2.48. The van der Waals surface area contributed by atoms with Gasteiger partial charge in [0.1, 0.15) is 0 Å². The van der Waals surface area contributed by atoms with E-state index in [1.807, 2.05) is 0 Å². The third-order valence-corrected chi connectivity index (χ3v) is 4.76. The minimum absolute atomic E-state index is 0.0746. The summed E-state index contributed by atoms with van der Waals surface area (Å²) in [5, 5.41) is 0. The number of aryl methyl sites for hydroxylation is 1. The van der Waals surface area contributed by atoms with Crippen LogP contribution < -0.4 is 0 Å². The SMILES string of the molecule is Cc1cccc(C#CC[Si](C)C)c1C1(OCC(C)(C)C)CC1. The van der Waals surface area contributed by atoms with Crippen molar-refractivity contribution in [1.29, 1.82) is 0 Å². The molecule has 1 fully saturated rings. The Morgan fingerprint density at radius 2 is 1.91 bits per heavy atom. The van der Waals surface area contributed by atoms with Crippen LogP contribution in [0.5, 0.6) is 0 Å². The Morgan fingerprint density at radius 1 is 1.23 bits per heavy atom. The van der Waals surface area contributed by atoms with Gasteiger partial charge in [-0.25, -0.2) is 0 Å². The van der Waals surface area contributed by atoms with Crippen molar-refractivity contribution in [2.24, 2.45) is 5.41 Å². The van der Waals surface area contributed by atoms with E-state index in [1.165, 1.54) is 16.7 Å². The van der Waals surface area contributed by atoms with Crippen LogP contribution in [0.15, 0.2) is 18.2 Å². The molecule has 0 saturated heterocycles. The number of ether oxygens (including phenoxy) is 1. The predicted octanol–water partition coefficient (Wildman–Crippen LogP) is 5.15. The molecule has 0 aliphatic heterocycles. The van der Waals surface area contributed by atoms with Crippen molar-refractivity contribution in [1.82, 2.24) is 0 Å². The summed E-state index contributed by atoms with van der Waals surface area (Å²) in [6.07, 6.45) is 2.25. The van der Waals surface area contributed by atoms with Gasteiger partial charge < -0.3 is 4.74 Å². The summed E-state index contributed by atoms with van der Waals surface area (Å²) in [4.78, 5) is 0. The van der Waals surface area contributed by atoms with Crippen LogP contribution in [-0.2, 0) is 10.3 Å². The first kappa shape index (κ1) is 17.3. The first-order valence-corrected chi connectivity index (χ1v) is 11.0. The highest BCUT2D eigenvalue weighted by Crippen LogP contribution is 2.52. The summed E-state index contributed by atoms with van der Waals surface area (Å²) in [6.45, 7) is 14.3. The Labute approximate surface area is 138 Å². The zero-order chi connectivity index (χ0) is 16.4. The summed E-state index contributed by atoms with van der Waals surface area (Å²) >= 11 is 0. The lowest BCUT2D eigenvalue weighted by molar-refractivity contribution is -0.0122. The van der Waals surface area contributed by atoms with Gasteiger partial charge in [-0.3, -0.25) is 0 Å². The second-order valence-corrected chi connectivity index (χ2v) is 10.8. The number of hydrogen-bond acceptors (Lipinski definition) is 1. The monoisotopic (exact) mass is 313 g/mol. The summed E-state index contributed by atoms with van der Waals surface area (Å²) in [5.41, 5.74) is 3.96. The Morgan fingerprint density at radius 3 is 2.45 bits per heavy atom. The second-order valence-electron chi connectivity index (χ2n) is 8.03. The summed E-state index contributed by atoms with van der Waals surface area (Å²) in [7, 11) is -0.280. The van der Waals surface area contributed by atoms with Crippen LogP contribution in [0.3, 0.4) is 0 Å². The maximum Gasteiger partial charge on any atom is 0.0948 e. The fraction of sp³-hybridized carbons (Fsp3) is 0.600. The molecule has 2 rings (SSSR count). The molecule has 0 atom stereocenters. The maximum absolute atomic E-state index is 6.38. The van der Waals surface area contributed by atoms with Crippen molar-refractivity contribution in [2.75, 3.05) is 6.61 Å². The first-order valence-electron chi connectivity index (χ1n) is 8.25. The summed E-state index contributed by atoms with van der Waals surface area (Å²) < 4.78 is 6.38. The van der Waals surface area contributed by atoms with Gasteiger partial charge in [0.15, 0.2) is 0 Å². The standard InChI is InChI=1S/C20H29OSi/c1-16-9-7-10-17(11-8-14-22(5)6)18(16)20(12-13-20)21-15-19(2,3)4/h7,9-10H,12-15H2,1-6H3. The van der Waals surface area contributed by atoms with Gasteiger partial charge in [-0.15, -0.1) is 5.92 Å². The molecule has 1 aromatic carbocycles. The highest BCUT2D eigenvalue weighted by atomic mass is 28.3. The molecule has 119 valence electrons. The zero-order valence-corrected chi connectivity index (χ0v) is 16.0. The van der Waals surface area contributed by atoms with Crippen molar-refractivity contribution in [2.45, 2.75) is 65.3 Å². The lowest BCUT2D eigenvalue weighted by Gasteiger charge is -2.26. The topological polar surface area (TPSA) is 9.23 Å². The third-order valence-electron chi connectivity index (χ3n) is 3.88. The molecule has 1 nitrogen and oxygen atoms in total. The average molecular weight is 314 g/mol. The Kier molecular flexibility index (Phi) is 5.20. The largest absolute Gasteiger partial charge is 0.370 e. The molecule has 0 amide bonds. The van der Waals surface area contributed by atoms with Crippen molar-refractivity contribution >= 4 is 8.80 Å². The van der Waals surface area contributed by atoms with Crippen LogP contribution >= 0.6 is 0 Å². The zero-order valence-electron chi connectivity index (χ0n) is 15.0. The number of rotatable bonds is 4. The molecule has 0 spiro atoms. The molecule has 1 saturated carbocycles. The molecule has 1 radical (unpaired) electrons. The van der Waals surface area contributed by atoms with E-state index in [4.69, 9.17) is 4.74 Å². The van der Waals surface area contributed by atoms with Gasteiger partial charge in [0, 0.05) is 17.2 Å². The Bertz CT molecular complexity index is 580. The van der Waals surface area contributed by atoms with E-state index in [0.29, 0.717) is 0 Å². The molecule has 22 heavy (non-hydrogen) atoms. The van der Waals surface area contributed by atoms with Crippen molar-refractivity contribution in [3.8, 4) is 11.8 Å². The van der Waals surface area contributed by atoms with E-state index >= 15 is 0 Å². The molecular weight excluding hydrogens is 284 g/mol. The summed E-state index contributed by atoms with van der Waals surface area (Å²) in [6, 6.07) is 7.52. The molecule has 0 N–H and O–H groups in total. The third kappa shape index (κ3) is 4.48. The average Bonchev–Trinajstić information content (AvgIpc) is 3.16. The molecule has 1 aliphatic rings. The van der Waals surface area contributed by atoms with Crippen molar-refractivity contribution in [3.05, 3.63) is 34.9 Å². The molecule has 0 bridgehead atoms. The van der Waals surface area contributed by atoms with Gasteiger partial charge in [-0.2, -0.15) is 0 Å². The first-order chi connectivity index (χ1) is 10.2. The van der Waals surface area contributed by atoms with Crippen LogP contribution in [0.25, 0.3) is 0 Å². The molecule has 1 aliphatic carbocycles. The quantitative estimate of drug-likeness (QED) is 0.551. The van der Waals surface area contributed by atoms with Crippen LogP contribution in [0.1, 0.15) is 50.3 Å². The Hall–Kier alpha value is -1.04. The maximum atomic E-state index is 6.38. The number of hydrogen-bond donors (Lipinski definition) is 0. The summed E-state index contributed by atoms with van der Waals surface area (Å²) in [5.74, 6) is 6.80. The van der Waals surface area contributed by atoms with Gasteiger partial charge in [0.2, 0.25) is 0 Å². The lowest BCUT2D eigenvalue weighted by Crippen LogP contribution is -2.23. The molecule has 0 heterocycles. The molecule has 1 aromatic rings. The molecule has 2 heteroatoms. The van der Waals surface area contributed by atoms with E-state index in [2.05, 4.69) is 70.8 Å². The van der Waals surface area contributed by atoms with Crippen molar-refractivity contribution < 1.29 is 4.74 Å². The smallest absolute Gasteiger partial charge is 0.0948 e. The Balaban J connectivity index is 2.27. The van der Waals surface area contributed by atoms with Crippen LogP contribution in [0.4, 0.5) is 0 Å². The van der Waals surface area contributed by atoms with Crippen LogP contribution in [0, 0.1) is 24.2 Å². The minimum Gasteiger partial charge on any atom is -0.370 e. The molecule has 0 aromatic heterocycles. The second kappa shape index (κ2) is 6.60. The number of benzene rings is 1. The lowest BCUT2D eigenvalue weighted by atomic mass is 9.94. The fourth-order valence-electron chi connectivity index (χ4n) is 2.63. The molecule has 0 unspecified atom stereocenters. The van der Waals surface area contributed by atoms with E-state index in [0.717, 1.165) is 25.5 Å². The van der Waals surface area contributed by atoms with Crippen molar-refractivity contribution in [3.63, 3.8) is 0 Å². The molecular formula is C20H29OSi. The normalized spacial score (nSPS) is 16.3. The highest BCUT2D eigenvalue weighted by molar-refractivity contribution is 6.56. The van der Waals surface area contributed by atoms with Gasteiger partial charge in [0.25, 0.3) is 0 Å². The minimum atomic E-state index is -0.280. The fourth-order valence-corrected chi connectivity index (χ4v) is 3.07. The van der Waals surface area contributed by atoms with Crippen LogP contribution in [-0.4, -0.2) is 15.4 Å². The predicted molar refractivity (Wildman–Crippen MR) is 96.7 cm³/mol. The van der Waals surface area contributed by atoms with Gasteiger partial charge in [0.05, 0.1) is 21.0 Å². The van der Waals surface area contributed by atoms with E-state index < -0.39 is 0 Å². The van der Waals surface area contributed by atoms with Gasteiger partial charge >= 0.3 is 0 Å². The van der Waals surface area contributed by atoms with E-state index in [9.17, 15) is 0 Å². The van der Waals surface area contributed by atoms with Gasteiger partial charge in [-0.05, 0) is 36.8 Å².